The number of imidazole rings is 1. The fourth-order valence-electron chi connectivity index (χ4n) is 3.83. The first-order chi connectivity index (χ1) is 13.7. The Morgan fingerprint density at radius 1 is 1.00 bits per heavy atom. The predicted octanol–water partition coefficient (Wildman–Crippen LogP) is 3.79. The maximum Gasteiger partial charge on any atom is 0.391 e. The van der Waals surface area contributed by atoms with Crippen LogP contribution in [0.5, 0.6) is 0 Å². The quantitative estimate of drug-likeness (QED) is 0.720. The highest BCUT2D eigenvalue weighted by Gasteiger charge is 2.41. The average Bonchev–Trinajstić information content (AvgIpc) is 2.92. The number of nitrogens with zero attached hydrogens (tertiary/aromatic N) is 4. The molecule has 1 aliphatic rings. The van der Waals surface area contributed by atoms with E-state index in [-0.39, 0.29) is 18.5 Å². The van der Waals surface area contributed by atoms with Crippen LogP contribution in [0.3, 0.4) is 0 Å². The van der Waals surface area contributed by atoms with Crippen LogP contribution in [0.4, 0.5) is 30.4 Å². The monoisotopic (exact) mass is 405 g/mol. The molecule has 1 aliphatic heterocycles. The van der Waals surface area contributed by atoms with Crippen molar-refractivity contribution in [1.29, 1.82) is 0 Å². The van der Waals surface area contributed by atoms with Crippen LogP contribution >= 0.6 is 0 Å². The fourth-order valence-corrected chi connectivity index (χ4v) is 3.83. The molecule has 29 heavy (non-hydrogen) atoms. The zero-order valence-corrected chi connectivity index (χ0v) is 16.2. The summed E-state index contributed by atoms with van der Waals surface area (Å²) in [5, 5.41) is 3.25. The van der Waals surface area contributed by atoms with Crippen molar-refractivity contribution in [2.24, 2.45) is 20.0 Å². The van der Waals surface area contributed by atoms with Crippen molar-refractivity contribution in [2.75, 3.05) is 23.3 Å². The molecular formula is C20H22F3N5O. The number of alkyl halides is 3. The Hall–Kier alpha value is -2.97. The molecule has 2 aromatic heterocycles. The molecule has 3 aromatic rings. The van der Waals surface area contributed by atoms with Gasteiger partial charge in [0.1, 0.15) is 5.82 Å². The highest BCUT2D eigenvalue weighted by atomic mass is 19.4. The molecule has 9 heteroatoms. The molecule has 0 unspecified atom stereocenters. The molecule has 4 rings (SSSR count). The van der Waals surface area contributed by atoms with Crippen LogP contribution in [0.25, 0.3) is 11.0 Å². The molecule has 1 saturated heterocycles. The Morgan fingerprint density at radius 2 is 1.66 bits per heavy atom. The third-order valence-corrected chi connectivity index (χ3v) is 5.59. The Bertz CT molecular complexity index is 1080. The Morgan fingerprint density at radius 3 is 2.28 bits per heavy atom. The molecular weight excluding hydrogens is 383 g/mol. The molecule has 1 N–H and O–H groups in total. The lowest BCUT2D eigenvalue weighted by atomic mass is 9.96. The van der Waals surface area contributed by atoms with Crippen LogP contribution in [-0.4, -0.2) is 33.4 Å². The molecule has 154 valence electrons. The molecule has 1 fully saturated rings. The summed E-state index contributed by atoms with van der Waals surface area (Å²) < 4.78 is 41.6. The molecule has 3 heterocycles. The van der Waals surface area contributed by atoms with Gasteiger partial charge in [-0.05, 0) is 43.2 Å². The number of pyridine rings is 1. The van der Waals surface area contributed by atoms with E-state index < -0.39 is 12.1 Å². The maximum absolute atomic E-state index is 12.8. The number of benzene rings is 1. The van der Waals surface area contributed by atoms with E-state index in [0.717, 1.165) is 22.4 Å². The molecule has 0 saturated carbocycles. The third-order valence-electron chi connectivity index (χ3n) is 5.59. The van der Waals surface area contributed by atoms with Gasteiger partial charge in [-0.3, -0.25) is 9.13 Å². The molecule has 0 spiro atoms. The van der Waals surface area contributed by atoms with Gasteiger partial charge in [0.2, 0.25) is 0 Å². The summed E-state index contributed by atoms with van der Waals surface area (Å²) in [6, 6.07) is 9.33. The summed E-state index contributed by atoms with van der Waals surface area (Å²) >= 11 is 0. The number of nitrogens with one attached hydrogen (secondary N) is 1. The van der Waals surface area contributed by atoms with Gasteiger partial charge in [0.25, 0.3) is 0 Å². The lowest BCUT2D eigenvalue weighted by Gasteiger charge is -2.33. The van der Waals surface area contributed by atoms with Gasteiger partial charge in [-0.1, -0.05) is 0 Å². The summed E-state index contributed by atoms with van der Waals surface area (Å²) in [4.78, 5) is 18.3. The van der Waals surface area contributed by atoms with E-state index in [1.165, 1.54) is 0 Å². The van der Waals surface area contributed by atoms with Gasteiger partial charge in [-0.25, -0.2) is 9.78 Å². The van der Waals surface area contributed by atoms with E-state index in [1.807, 2.05) is 35.2 Å². The summed E-state index contributed by atoms with van der Waals surface area (Å²) in [5.41, 5.74) is 3.16. The van der Waals surface area contributed by atoms with Crippen molar-refractivity contribution in [3.63, 3.8) is 0 Å². The SMILES string of the molecule is Cn1c(=O)n(C)c2cc(Nc3ccc(N4CCC(C(F)(F)F)CC4)nc3)ccc21. The van der Waals surface area contributed by atoms with Gasteiger partial charge in [-0.2, -0.15) is 13.2 Å². The standard InChI is InChI=1S/C20H22F3N5O/c1-26-16-5-3-14(11-17(16)27(2)19(26)29)25-15-4-6-18(24-12-15)28-9-7-13(8-10-28)20(21,22)23/h3-6,11-13,25H,7-10H2,1-2H3. The molecule has 0 radical (unpaired) electrons. The van der Waals surface area contributed by atoms with Crippen LogP contribution in [0.15, 0.2) is 41.3 Å². The normalized spacial score (nSPS) is 15.8. The number of aromatic nitrogens is 3. The Kier molecular flexibility index (Phi) is 4.76. The second-order valence-corrected chi connectivity index (χ2v) is 7.44. The summed E-state index contributed by atoms with van der Waals surface area (Å²) in [6.45, 7) is 0.700. The van der Waals surface area contributed by atoms with Crippen LogP contribution in [-0.2, 0) is 14.1 Å². The lowest BCUT2D eigenvalue weighted by molar-refractivity contribution is -0.179. The van der Waals surface area contributed by atoms with Crippen molar-refractivity contribution >= 4 is 28.2 Å². The third kappa shape index (κ3) is 3.68. The molecule has 6 nitrogen and oxygen atoms in total. The molecule has 0 aliphatic carbocycles. The first-order valence-electron chi connectivity index (χ1n) is 9.44. The Balaban J connectivity index is 1.46. The fraction of sp³-hybridized carbons (Fsp3) is 0.400. The number of fused-ring (bicyclic) bond motifs is 1. The van der Waals surface area contributed by atoms with E-state index in [0.29, 0.717) is 18.9 Å². The summed E-state index contributed by atoms with van der Waals surface area (Å²) in [7, 11) is 3.46. The van der Waals surface area contributed by atoms with Gasteiger partial charge in [0.05, 0.1) is 28.8 Å². The van der Waals surface area contributed by atoms with E-state index >= 15 is 0 Å². The van der Waals surface area contributed by atoms with Crippen LogP contribution in [0.1, 0.15) is 12.8 Å². The van der Waals surface area contributed by atoms with Crippen molar-refractivity contribution < 1.29 is 13.2 Å². The second-order valence-electron chi connectivity index (χ2n) is 7.44. The van der Waals surface area contributed by atoms with Crippen LogP contribution in [0, 0.1) is 5.92 Å². The molecule has 0 atom stereocenters. The minimum Gasteiger partial charge on any atom is -0.357 e. The topological polar surface area (TPSA) is 55.1 Å². The van der Waals surface area contributed by atoms with Crippen molar-refractivity contribution in [3.8, 4) is 0 Å². The highest BCUT2D eigenvalue weighted by molar-refractivity contribution is 5.81. The van der Waals surface area contributed by atoms with Gasteiger partial charge in [0.15, 0.2) is 0 Å². The smallest absolute Gasteiger partial charge is 0.357 e. The van der Waals surface area contributed by atoms with Crippen LogP contribution in [0.2, 0.25) is 0 Å². The maximum atomic E-state index is 12.8. The summed E-state index contributed by atoms with van der Waals surface area (Å²) in [6.07, 6.45) is -2.25. The van der Waals surface area contributed by atoms with E-state index in [2.05, 4.69) is 10.3 Å². The van der Waals surface area contributed by atoms with Crippen molar-refractivity contribution in [3.05, 3.63) is 47.0 Å². The van der Waals surface area contributed by atoms with Gasteiger partial charge >= 0.3 is 11.9 Å². The zero-order valence-electron chi connectivity index (χ0n) is 16.2. The average molecular weight is 405 g/mol. The van der Waals surface area contributed by atoms with Crippen LogP contribution < -0.4 is 15.9 Å². The largest absolute Gasteiger partial charge is 0.391 e. The highest BCUT2D eigenvalue weighted by Crippen LogP contribution is 2.35. The zero-order chi connectivity index (χ0) is 20.8. The number of anilines is 3. The first-order valence-corrected chi connectivity index (χ1v) is 9.44. The van der Waals surface area contributed by atoms with Gasteiger partial charge in [0, 0.05) is 32.9 Å². The van der Waals surface area contributed by atoms with Crippen molar-refractivity contribution in [1.82, 2.24) is 14.1 Å². The Labute approximate surface area is 165 Å². The number of aryl methyl sites for hydroxylation is 2. The first kappa shape index (κ1) is 19.4. The minimum atomic E-state index is -4.11. The van der Waals surface area contributed by atoms with E-state index in [9.17, 15) is 18.0 Å². The number of halogens is 3. The number of rotatable bonds is 3. The summed E-state index contributed by atoms with van der Waals surface area (Å²) in [5.74, 6) is -0.541. The molecule has 0 bridgehead atoms. The number of hydrogen-bond acceptors (Lipinski definition) is 4. The molecule has 1 aromatic carbocycles. The molecule has 0 amide bonds. The van der Waals surface area contributed by atoms with Gasteiger partial charge in [-0.15, -0.1) is 0 Å². The number of piperidine rings is 1. The van der Waals surface area contributed by atoms with E-state index in [1.54, 1.807) is 29.4 Å². The number of hydrogen-bond donors (Lipinski definition) is 1. The predicted molar refractivity (Wildman–Crippen MR) is 107 cm³/mol. The van der Waals surface area contributed by atoms with Crippen molar-refractivity contribution in [2.45, 2.75) is 19.0 Å². The van der Waals surface area contributed by atoms with Gasteiger partial charge < -0.3 is 10.2 Å². The second kappa shape index (κ2) is 7.13. The minimum absolute atomic E-state index is 0.0857. The lowest BCUT2D eigenvalue weighted by Crippen LogP contribution is -2.39. The van der Waals surface area contributed by atoms with E-state index in [4.69, 9.17) is 0 Å².